The lowest BCUT2D eigenvalue weighted by Crippen LogP contribution is -2.29. The number of hydrogen-bond donors (Lipinski definition) is 1. The Bertz CT molecular complexity index is 1450. The molecule has 1 N–H and O–H groups in total. The fourth-order valence-electron chi connectivity index (χ4n) is 3.92. The number of thiazole rings is 1. The third-order valence-electron chi connectivity index (χ3n) is 5.78. The van der Waals surface area contributed by atoms with Crippen LogP contribution in [0.2, 0.25) is 10.0 Å². The summed E-state index contributed by atoms with van der Waals surface area (Å²) in [5.41, 5.74) is 0.917. The molecular formula is C27H24Cl2N2O6S. The topological polar surface area (TPSA) is 106 Å². The molecular weight excluding hydrogens is 551 g/mol. The molecule has 1 unspecified atom stereocenters. The molecule has 8 nitrogen and oxygen atoms in total. The Kier molecular flexibility index (Phi) is 8.10. The van der Waals surface area contributed by atoms with Gasteiger partial charge in [-0.05, 0) is 54.8 Å². The number of hydrogen-bond acceptors (Lipinski definition) is 8. The van der Waals surface area contributed by atoms with Crippen LogP contribution in [0.25, 0.3) is 5.76 Å². The van der Waals surface area contributed by atoms with Gasteiger partial charge in [-0.1, -0.05) is 54.5 Å². The molecule has 11 heteroatoms. The maximum absolute atomic E-state index is 13.4. The van der Waals surface area contributed by atoms with Crippen LogP contribution in [0.1, 0.15) is 46.4 Å². The zero-order valence-corrected chi connectivity index (χ0v) is 23.3. The largest absolute Gasteiger partial charge is 0.507 e. The first-order chi connectivity index (χ1) is 18.0. The maximum atomic E-state index is 13.4. The number of rotatable bonds is 7. The Hall–Kier alpha value is -3.40. The van der Waals surface area contributed by atoms with E-state index in [-0.39, 0.29) is 31.4 Å². The fraction of sp³-hybridized carbons (Fsp3) is 0.259. The number of ether oxygens (including phenoxy) is 2. The molecule has 1 saturated heterocycles. The van der Waals surface area contributed by atoms with E-state index in [0.717, 1.165) is 16.2 Å². The molecule has 0 bridgehead atoms. The monoisotopic (exact) mass is 574 g/mol. The Balaban J connectivity index is 1.86. The van der Waals surface area contributed by atoms with Crippen molar-refractivity contribution in [1.29, 1.82) is 0 Å². The van der Waals surface area contributed by atoms with Crippen molar-refractivity contribution < 1.29 is 29.0 Å². The number of anilines is 1. The molecule has 38 heavy (non-hydrogen) atoms. The van der Waals surface area contributed by atoms with E-state index in [9.17, 15) is 19.5 Å². The first kappa shape index (κ1) is 27.6. The highest BCUT2D eigenvalue weighted by atomic mass is 35.5. The molecule has 1 atom stereocenters. The lowest BCUT2D eigenvalue weighted by Gasteiger charge is -2.23. The van der Waals surface area contributed by atoms with Gasteiger partial charge < -0.3 is 14.6 Å². The van der Waals surface area contributed by atoms with Crippen LogP contribution in [-0.4, -0.2) is 41.5 Å². The van der Waals surface area contributed by atoms with E-state index in [1.165, 1.54) is 19.2 Å². The SMILES string of the molecule is COC(=O)c1sc(N2C(=O)C(=O)/C(=C(/O)c3ccc(OCC(C)C)cc3)C2c2ccc(Cl)c(Cl)c2)nc1C. The highest BCUT2D eigenvalue weighted by Gasteiger charge is 2.48. The van der Waals surface area contributed by atoms with Crippen molar-refractivity contribution in [1.82, 2.24) is 4.98 Å². The van der Waals surface area contributed by atoms with Crippen LogP contribution in [0, 0.1) is 12.8 Å². The van der Waals surface area contributed by atoms with Crippen LogP contribution in [-0.2, 0) is 14.3 Å². The van der Waals surface area contributed by atoms with Gasteiger partial charge in [0, 0.05) is 5.56 Å². The van der Waals surface area contributed by atoms with Crippen molar-refractivity contribution in [3.05, 3.63) is 79.8 Å². The van der Waals surface area contributed by atoms with Crippen LogP contribution in [0.3, 0.4) is 0 Å². The normalized spacial score (nSPS) is 16.8. The van der Waals surface area contributed by atoms with Gasteiger partial charge in [0.05, 0.1) is 41.1 Å². The third kappa shape index (κ3) is 5.27. The van der Waals surface area contributed by atoms with Crippen LogP contribution in [0.5, 0.6) is 5.75 Å². The summed E-state index contributed by atoms with van der Waals surface area (Å²) in [6.07, 6.45) is 0. The molecule has 0 spiro atoms. The summed E-state index contributed by atoms with van der Waals surface area (Å²) in [7, 11) is 1.24. The zero-order chi connectivity index (χ0) is 27.7. The smallest absolute Gasteiger partial charge is 0.350 e. The Labute approximate surface area is 233 Å². The lowest BCUT2D eigenvalue weighted by molar-refractivity contribution is -0.132. The number of carbonyl (C=O) groups is 3. The molecule has 1 fully saturated rings. The number of esters is 1. The van der Waals surface area contributed by atoms with Gasteiger partial charge >= 0.3 is 11.9 Å². The molecule has 3 aromatic rings. The van der Waals surface area contributed by atoms with Crippen molar-refractivity contribution in [3.63, 3.8) is 0 Å². The van der Waals surface area contributed by atoms with Crippen LogP contribution < -0.4 is 9.64 Å². The van der Waals surface area contributed by atoms with Crippen molar-refractivity contribution >= 4 is 63.1 Å². The number of amides is 1. The number of halogens is 2. The Morgan fingerprint density at radius 1 is 1.13 bits per heavy atom. The average molecular weight is 575 g/mol. The predicted molar refractivity (Wildman–Crippen MR) is 146 cm³/mol. The minimum absolute atomic E-state index is 0.0950. The lowest BCUT2D eigenvalue weighted by atomic mass is 9.95. The molecule has 1 aliphatic rings. The van der Waals surface area contributed by atoms with E-state index in [1.54, 1.807) is 37.3 Å². The van der Waals surface area contributed by atoms with Crippen LogP contribution >= 0.6 is 34.5 Å². The number of aromatic nitrogens is 1. The maximum Gasteiger partial charge on any atom is 0.350 e. The molecule has 2 heterocycles. The van der Waals surface area contributed by atoms with E-state index in [2.05, 4.69) is 4.98 Å². The van der Waals surface area contributed by atoms with Gasteiger partial charge in [-0.25, -0.2) is 9.78 Å². The van der Waals surface area contributed by atoms with Gasteiger partial charge in [0.2, 0.25) is 0 Å². The summed E-state index contributed by atoms with van der Waals surface area (Å²) in [6.45, 7) is 6.18. The number of aliphatic hydroxyl groups excluding tert-OH is 1. The number of ketones is 1. The molecule has 1 amide bonds. The number of methoxy groups -OCH3 is 1. The zero-order valence-electron chi connectivity index (χ0n) is 21.0. The van der Waals surface area contributed by atoms with Crippen LogP contribution in [0.15, 0.2) is 48.0 Å². The van der Waals surface area contributed by atoms with Gasteiger partial charge in [0.15, 0.2) is 5.13 Å². The summed E-state index contributed by atoms with van der Waals surface area (Å²) in [4.78, 5) is 44.6. The molecule has 2 aromatic carbocycles. The van der Waals surface area contributed by atoms with Crippen molar-refractivity contribution in [2.75, 3.05) is 18.6 Å². The van der Waals surface area contributed by atoms with E-state index < -0.39 is 23.7 Å². The summed E-state index contributed by atoms with van der Waals surface area (Å²) in [5, 5.41) is 11.9. The highest BCUT2D eigenvalue weighted by molar-refractivity contribution is 7.17. The summed E-state index contributed by atoms with van der Waals surface area (Å²) in [6, 6.07) is 10.1. The molecule has 0 aliphatic carbocycles. The van der Waals surface area contributed by atoms with Crippen molar-refractivity contribution in [2.45, 2.75) is 26.8 Å². The number of carbonyl (C=O) groups excluding carboxylic acids is 3. The molecule has 4 rings (SSSR count). The van der Waals surface area contributed by atoms with Gasteiger partial charge in [-0.2, -0.15) is 0 Å². The Morgan fingerprint density at radius 2 is 1.82 bits per heavy atom. The van der Waals surface area contributed by atoms with Gasteiger partial charge in [0.25, 0.3) is 5.78 Å². The fourth-order valence-corrected chi connectivity index (χ4v) is 5.24. The summed E-state index contributed by atoms with van der Waals surface area (Å²) in [5.74, 6) is -1.88. The molecule has 1 aromatic heterocycles. The standard InChI is InChI=1S/C27H24Cl2N2O6S/c1-13(2)12-37-17-8-5-15(6-9-17)22(32)20-21(16-7-10-18(28)19(29)11-16)31(25(34)23(20)33)27-30-14(3)24(38-27)26(35)36-4/h5-11,13,21,32H,12H2,1-4H3/b22-20+. The van der Waals surface area contributed by atoms with Gasteiger partial charge in [-0.3, -0.25) is 14.5 Å². The average Bonchev–Trinajstić information content (AvgIpc) is 3.40. The number of nitrogens with zero attached hydrogens (tertiary/aromatic N) is 2. The van der Waals surface area contributed by atoms with Gasteiger partial charge in [-0.15, -0.1) is 0 Å². The molecule has 1 aliphatic heterocycles. The number of aliphatic hydroxyl groups is 1. The first-order valence-electron chi connectivity index (χ1n) is 11.6. The quantitative estimate of drug-likeness (QED) is 0.155. The number of aryl methyl sites for hydroxylation is 1. The second-order valence-electron chi connectivity index (χ2n) is 8.97. The highest BCUT2D eigenvalue weighted by Crippen LogP contribution is 2.45. The molecule has 198 valence electrons. The third-order valence-corrected chi connectivity index (χ3v) is 7.65. The minimum Gasteiger partial charge on any atom is -0.507 e. The predicted octanol–water partition coefficient (Wildman–Crippen LogP) is 6.21. The van der Waals surface area contributed by atoms with Gasteiger partial charge in [0.1, 0.15) is 16.4 Å². The summed E-state index contributed by atoms with van der Waals surface area (Å²) < 4.78 is 10.5. The second kappa shape index (κ2) is 11.1. The number of benzene rings is 2. The van der Waals surface area contributed by atoms with E-state index >= 15 is 0 Å². The Morgan fingerprint density at radius 3 is 2.42 bits per heavy atom. The van der Waals surface area contributed by atoms with Crippen molar-refractivity contribution in [2.24, 2.45) is 5.92 Å². The molecule has 0 saturated carbocycles. The first-order valence-corrected chi connectivity index (χ1v) is 13.2. The second-order valence-corrected chi connectivity index (χ2v) is 10.8. The minimum atomic E-state index is -1.09. The van der Waals surface area contributed by atoms with Crippen LogP contribution in [0.4, 0.5) is 5.13 Å². The summed E-state index contributed by atoms with van der Waals surface area (Å²) >= 11 is 13.3. The van der Waals surface area contributed by atoms with E-state index in [1.807, 2.05) is 13.8 Å². The molecule has 0 radical (unpaired) electrons. The van der Waals surface area contributed by atoms with E-state index in [0.29, 0.717) is 35.1 Å². The van der Waals surface area contributed by atoms with Crippen molar-refractivity contribution in [3.8, 4) is 5.75 Å². The number of Topliss-reactive ketones (excluding diaryl/α,β-unsaturated/α-hetero) is 1. The van der Waals surface area contributed by atoms with E-state index in [4.69, 9.17) is 32.7 Å².